The van der Waals surface area contributed by atoms with Crippen LogP contribution in [-0.2, 0) is 11.8 Å². The fraction of sp³-hybridized carbons (Fsp3) is 0.400. The molecule has 2 aromatic heterocycles. The fourth-order valence-corrected chi connectivity index (χ4v) is 4.31. The zero-order valence-electron chi connectivity index (χ0n) is 15.2. The van der Waals surface area contributed by atoms with E-state index in [-0.39, 0.29) is 5.41 Å². The topological polar surface area (TPSA) is 34.4 Å². The first kappa shape index (κ1) is 16.9. The van der Waals surface area contributed by atoms with Gasteiger partial charge in [-0.05, 0) is 25.8 Å². The van der Waals surface area contributed by atoms with Crippen molar-refractivity contribution in [2.75, 3.05) is 0 Å². The molecule has 0 fully saturated rings. The number of rotatable bonds is 3. The molecule has 0 bridgehead atoms. The Kier molecular flexibility index (Phi) is 4.12. The van der Waals surface area contributed by atoms with E-state index in [4.69, 9.17) is 4.98 Å². The number of imidazole rings is 1. The first-order valence-corrected chi connectivity index (χ1v) is 9.17. The van der Waals surface area contributed by atoms with Crippen molar-refractivity contribution in [1.82, 2.24) is 9.38 Å². The molecule has 3 aromatic rings. The number of benzene rings is 1. The zero-order chi connectivity index (χ0) is 17.6. The van der Waals surface area contributed by atoms with E-state index in [0.29, 0.717) is 5.69 Å². The van der Waals surface area contributed by atoms with Gasteiger partial charge in [-0.1, -0.05) is 51.5 Å². The van der Waals surface area contributed by atoms with Crippen molar-refractivity contribution in [1.29, 1.82) is 0 Å². The highest BCUT2D eigenvalue weighted by Gasteiger charge is 2.27. The second kappa shape index (κ2) is 5.85. The van der Waals surface area contributed by atoms with Crippen molar-refractivity contribution in [2.45, 2.75) is 53.4 Å². The van der Waals surface area contributed by atoms with Crippen LogP contribution >= 0.6 is 11.3 Å². The third kappa shape index (κ3) is 2.59. The quantitative estimate of drug-likeness (QED) is 0.602. The van der Waals surface area contributed by atoms with Crippen molar-refractivity contribution < 1.29 is 4.79 Å². The van der Waals surface area contributed by atoms with E-state index in [0.717, 1.165) is 29.1 Å². The molecule has 0 unspecified atom stereocenters. The van der Waals surface area contributed by atoms with Crippen molar-refractivity contribution in [3.05, 3.63) is 45.6 Å². The molecule has 0 aliphatic rings. The summed E-state index contributed by atoms with van der Waals surface area (Å²) in [5.41, 5.74) is 6.18. The number of aryl methyl sites for hydroxylation is 3. The minimum atomic E-state index is -0.159. The Morgan fingerprint density at radius 3 is 2.50 bits per heavy atom. The molecule has 0 N–H and O–H groups in total. The maximum Gasteiger partial charge on any atom is 0.195 e. The van der Waals surface area contributed by atoms with E-state index in [1.165, 1.54) is 21.6 Å². The number of hydrogen-bond donors (Lipinski definition) is 0. The number of nitrogens with zero attached hydrogens (tertiary/aromatic N) is 2. The monoisotopic (exact) mass is 340 g/mol. The van der Waals surface area contributed by atoms with Gasteiger partial charge in [-0.15, -0.1) is 11.3 Å². The maximum atomic E-state index is 11.9. The highest BCUT2D eigenvalue weighted by Crippen LogP contribution is 2.37. The zero-order valence-corrected chi connectivity index (χ0v) is 16.0. The van der Waals surface area contributed by atoms with E-state index >= 15 is 0 Å². The third-order valence-corrected chi connectivity index (χ3v) is 5.55. The summed E-state index contributed by atoms with van der Waals surface area (Å²) in [6.45, 7) is 12.7. The summed E-state index contributed by atoms with van der Waals surface area (Å²) in [7, 11) is 0. The Labute approximate surface area is 147 Å². The third-order valence-electron chi connectivity index (χ3n) is 4.36. The number of thiazole rings is 1. The van der Waals surface area contributed by atoms with Crippen LogP contribution in [0.15, 0.2) is 18.2 Å². The van der Waals surface area contributed by atoms with Crippen LogP contribution in [0.3, 0.4) is 0 Å². The molecule has 0 radical (unpaired) electrons. The Balaban J connectivity index is 2.41. The Morgan fingerprint density at radius 1 is 1.25 bits per heavy atom. The standard InChI is InChI=1S/C20H24N2OS/c1-7-16-17(14-9-8-12(2)10-13(14)3)22-15(11-23)18(20(4,5)6)21-19(22)24-16/h8-11H,7H2,1-6H3. The number of hydrogen-bond acceptors (Lipinski definition) is 3. The largest absolute Gasteiger partial charge is 0.296 e. The minimum absolute atomic E-state index is 0.159. The van der Waals surface area contributed by atoms with Crippen molar-refractivity contribution in [2.24, 2.45) is 0 Å². The molecule has 0 saturated carbocycles. The van der Waals surface area contributed by atoms with Gasteiger partial charge in [0.1, 0.15) is 5.69 Å². The average Bonchev–Trinajstić information content (AvgIpc) is 3.02. The molecule has 126 valence electrons. The Hall–Kier alpha value is -1.94. The first-order valence-electron chi connectivity index (χ1n) is 8.35. The molecule has 24 heavy (non-hydrogen) atoms. The summed E-state index contributed by atoms with van der Waals surface area (Å²) in [6.07, 6.45) is 1.89. The molecule has 2 heterocycles. The van der Waals surface area contributed by atoms with Gasteiger partial charge in [0.05, 0.1) is 11.4 Å². The summed E-state index contributed by atoms with van der Waals surface area (Å²) in [5, 5.41) is 0. The van der Waals surface area contributed by atoms with E-state index in [2.05, 4.69) is 64.1 Å². The SMILES string of the molecule is CCc1sc2nc(C(C)(C)C)c(C=O)n2c1-c1ccc(C)cc1C. The van der Waals surface area contributed by atoms with Gasteiger partial charge in [0, 0.05) is 15.9 Å². The van der Waals surface area contributed by atoms with Crippen LogP contribution in [0.5, 0.6) is 0 Å². The molecule has 0 aliphatic heterocycles. The van der Waals surface area contributed by atoms with Gasteiger partial charge >= 0.3 is 0 Å². The number of aldehydes is 1. The summed E-state index contributed by atoms with van der Waals surface area (Å²) in [4.78, 5) is 18.9. The summed E-state index contributed by atoms with van der Waals surface area (Å²) in [6, 6.07) is 6.49. The Bertz CT molecular complexity index is 925. The molecule has 4 heteroatoms. The molecule has 3 nitrogen and oxygen atoms in total. The van der Waals surface area contributed by atoms with Crippen LogP contribution in [0.1, 0.15) is 59.9 Å². The summed E-state index contributed by atoms with van der Waals surface area (Å²) >= 11 is 1.69. The molecule has 1 aromatic carbocycles. The number of carbonyl (C=O) groups excluding carboxylic acids is 1. The van der Waals surface area contributed by atoms with Gasteiger partial charge in [-0.3, -0.25) is 9.20 Å². The van der Waals surface area contributed by atoms with E-state index in [1.807, 2.05) is 0 Å². The minimum Gasteiger partial charge on any atom is -0.296 e. The average molecular weight is 340 g/mol. The molecule has 0 aliphatic carbocycles. The number of aromatic nitrogens is 2. The molecular weight excluding hydrogens is 316 g/mol. The van der Waals surface area contributed by atoms with Crippen molar-refractivity contribution in [3.8, 4) is 11.3 Å². The second-order valence-electron chi connectivity index (χ2n) is 7.38. The van der Waals surface area contributed by atoms with Crippen molar-refractivity contribution >= 4 is 22.6 Å². The normalized spacial score (nSPS) is 12.1. The van der Waals surface area contributed by atoms with Crippen LogP contribution in [0.4, 0.5) is 0 Å². The number of carbonyl (C=O) groups is 1. The highest BCUT2D eigenvalue weighted by atomic mass is 32.1. The van der Waals surface area contributed by atoms with Gasteiger partial charge in [0.15, 0.2) is 11.2 Å². The smallest absolute Gasteiger partial charge is 0.195 e. The van der Waals surface area contributed by atoms with Crippen LogP contribution in [0.25, 0.3) is 16.2 Å². The first-order chi connectivity index (χ1) is 11.3. The lowest BCUT2D eigenvalue weighted by molar-refractivity contribution is 0.111. The summed E-state index contributed by atoms with van der Waals surface area (Å²) in [5.74, 6) is 0. The van der Waals surface area contributed by atoms with Crippen LogP contribution in [0.2, 0.25) is 0 Å². The number of fused-ring (bicyclic) bond motifs is 1. The van der Waals surface area contributed by atoms with Gasteiger partial charge < -0.3 is 0 Å². The predicted molar refractivity (Wildman–Crippen MR) is 101 cm³/mol. The summed E-state index contributed by atoms with van der Waals surface area (Å²) < 4.78 is 2.06. The molecule has 0 atom stereocenters. The maximum absolute atomic E-state index is 11.9. The Morgan fingerprint density at radius 2 is 1.96 bits per heavy atom. The lowest BCUT2D eigenvalue weighted by Gasteiger charge is -2.16. The van der Waals surface area contributed by atoms with E-state index < -0.39 is 0 Å². The van der Waals surface area contributed by atoms with Gasteiger partial charge in [-0.2, -0.15) is 0 Å². The highest BCUT2D eigenvalue weighted by molar-refractivity contribution is 7.17. The fourth-order valence-electron chi connectivity index (χ4n) is 3.23. The second-order valence-corrected chi connectivity index (χ2v) is 8.44. The van der Waals surface area contributed by atoms with Gasteiger partial charge in [0.25, 0.3) is 0 Å². The molecule has 0 amide bonds. The lowest BCUT2D eigenvalue weighted by Crippen LogP contribution is -2.15. The van der Waals surface area contributed by atoms with E-state index in [1.54, 1.807) is 11.3 Å². The molecule has 0 spiro atoms. The molecule has 0 saturated heterocycles. The van der Waals surface area contributed by atoms with E-state index in [9.17, 15) is 4.79 Å². The van der Waals surface area contributed by atoms with Gasteiger partial charge in [-0.25, -0.2) is 4.98 Å². The van der Waals surface area contributed by atoms with Crippen molar-refractivity contribution in [3.63, 3.8) is 0 Å². The lowest BCUT2D eigenvalue weighted by atomic mass is 9.91. The van der Waals surface area contributed by atoms with Crippen LogP contribution in [0, 0.1) is 13.8 Å². The molecular formula is C20H24N2OS. The van der Waals surface area contributed by atoms with Crippen LogP contribution < -0.4 is 0 Å². The molecule has 3 rings (SSSR count). The van der Waals surface area contributed by atoms with Crippen LogP contribution in [-0.4, -0.2) is 15.7 Å². The predicted octanol–water partition coefficient (Wildman–Crippen LogP) is 5.35. The van der Waals surface area contributed by atoms with Gasteiger partial charge in [0.2, 0.25) is 0 Å².